The Balaban J connectivity index is 2.12. The fraction of sp³-hybridized carbons (Fsp3) is 0.389. The molecular weight excluding hydrogens is 260 g/mol. The molecule has 21 heavy (non-hydrogen) atoms. The number of ether oxygens (including phenoxy) is 1. The zero-order valence-electron chi connectivity index (χ0n) is 13.3. The van der Waals surface area contributed by atoms with E-state index in [0.29, 0.717) is 11.8 Å². The molecule has 0 saturated carbocycles. The van der Waals surface area contributed by atoms with Crippen molar-refractivity contribution in [2.75, 3.05) is 6.54 Å². The van der Waals surface area contributed by atoms with Crippen LogP contribution in [0.5, 0.6) is 11.6 Å². The van der Waals surface area contributed by atoms with Crippen molar-refractivity contribution in [1.82, 2.24) is 10.3 Å². The number of pyridine rings is 1. The molecule has 0 unspecified atom stereocenters. The molecule has 1 N–H and O–H groups in total. The summed E-state index contributed by atoms with van der Waals surface area (Å²) in [5, 5.41) is 3.30. The van der Waals surface area contributed by atoms with Crippen molar-refractivity contribution in [2.24, 2.45) is 0 Å². The zero-order valence-corrected chi connectivity index (χ0v) is 13.3. The second-order valence-corrected chi connectivity index (χ2v) is 5.56. The average molecular weight is 284 g/mol. The molecule has 2 rings (SSSR count). The van der Waals surface area contributed by atoms with Gasteiger partial charge in [-0.3, -0.25) is 0 Å². The molecule has 0 saturated heterocycles. The van der Waals surface area contributed by atoms with Crippen molar-refractivity contribution < 1.29 is 4.74 Å². The van der Waals surface area contributed by atoms with Crippen LogP contribution in [-0.4, -0.2) is 11.5 Å². The van der Waals surface area contributed by atoms with Crippen LogP contribution in [0.15, 0.2) is 36.5 Å². The molecule has 112 valence electrons. The lowest BCUT2D eigenvalue weighted by atomic mass is 9.98. The van der Waals surface area contributed by atoms with E-state index in [9.17, 15) is 0 Å². The molecule has 0 fully saturated rings. The zero-order chi connectivity index (χ0) is 15.2. The number of aromatic nitrogens is 1. The van der Waals surface area contributed by atoms with Crippen LogP contribution in [0.1, 0.15) is 43.4 Å². The quantitative estimate of drug-likeness (QED) is 0.853. The second kappa shape index (κ2) is 7.23. The summed E-state index contributed by atoms with van der Waals surface area (Å²) in [4.78, 5) is 4.28. The van der Waals surface area contributed by atoms with E-state index >= 15 is 0 Å². The van der Waals surface area contributed by atoms with Crippen LogP contribution in [0.2, 0.25) is 0 Å². The van der Waals surface area contributed by atoms with Gasteiger partial charge in [0.1, 0.15) is 5.75 Å². The van der Waals surface area contributed by atoms with Gasteiger partial charge >= 0.3 is 0 Å². The number of rotatable bonds is 6. The largest absolute Gasteiger partial charge is 0.439 e. The number of nitrogens with zero attached hydrogens (tertiary/aromatic N) is 1. The lowest BCUT2D eigenvalue weighted by Gasteiger charge is -2.12. The van der Waals surface area contributed by atoms with Crippen molar-refractivity contribution in [1.29, 1.82) is 0 Å². The maximum absolute atomic E-state index is 5.88. The Bertz CT molecular complexity index is 594. The molecule has 0 bridgehead atoms. The normalized spacial score (nSPS) is 10.9. The van der Waals surface area contributed by atoms with Gasteiger partial charge < -0.3 is 10.1 Å². The molecule has 0 spiro atoms. The van der Waals surface area contributed by atoms with Gasteiger partial charge in [0.05, 0.1) is 0 Å². The third-order valence-electron chi connectivity index (χ3n) is 3.46. The van der Waals surface area contributed by atoms with Gasteiger partial charge in [-0.05, 0) is 54.3 Å². The summed E-state index contributed by atoms with van der Waals surface area (Å²) in [6.07, 6.45) is 1.79. The molecule has 3 heteroatoms. The van der Waals surface area contributed by atoms with E-state index in [1.807, 2.05) is 18.2 Å². The third-order valence-corrected chi connectivity index (χ3v) is 3.46. The van der Waals surface area contributed by atoms with Gasteiger partial charge in [-0.15, -0.1) is 0 Å². The van der Waals surface area contributed by atoms with Gasteiger partial charge in [0.15, 0.2) is 0 Å². The van der Waals surface area contributed by atoms with E-state index in [1.165, 1.54) is 16.7 Å². The first-order chi connectivity index (χ1) is 10.1. The minimum atomic E-state index is 0.528. The highest BCUT2D eigenvalue weighted by atomic mass is 16.5. The predicted octanol–water partition coefficient (Wildman–Crippen LogP) is 4.42. The molecule has 0 aliphatic heterocycles. The molecular formula is C18H24N2O. The summed E-state index contributed by atoms with van der Waals surface area (Å²) in [6.45, 7) is 10.4. The van der Waals surface area contributed by atoms with Crippen LogP contribution in [0.4, 0.5) is 0 Å². The highest BCUT2D eigenvalue weighted by Crippen LogP contribution is 2.26. The lowest BCUT2D eigenvalue weighted by molar-refractivity contribution is 0.461. The first-order valence-corrected chi connectivity index (χ1v) is 7.54. The summed E-state index contributed by atoms with van der Waals surface area (Å²) in [5.41, 5.74) is 3.79. The summed E-state index contributed by atoms with van der Waals surface area (Å²) < 4.78 is 5.88. The second-order valence-electron chi connectivity index (χ2n) is 5.56. The summed E-state index contributed by atoms with van der Waals surface area (Å²) in [7, 11) is 0. The van der Waals surface area contributed by atoms with E-state index in [0.717, 1.165) is 18.8 Å². The fourth-order valence-electron chi connectivity index (χ4n) is 2.37. The maximum atomic E-state index is 5.88. The smallest absolute Gasteiger partial charge is 0.219 e. The molecule has 0 aliphatic rings. The van der Waals surface area contributed by atoms with E-state index in [4.69, 9.17) is 4.74 Å². The van der Waals surface area contributed by atoms with Gasteiger partial charge in [0, 0.05) is 18.8 Å². The number of nitrogens with one attached hydrogen (secondary N) is 1. The Morgan fingerprint density at radius 2 is 2.00 bits per heavy atom. The number of hydrogen-bond acceptors (Lipinski definition) is 3. The van der Waals surface area contributed by atoms with Crippen LogP contribution in [0.25, 0.3) is 0 Å². The number of hydrogen-bond donors (Lipinski definition) is 1. The Kier molecular flexibility index (Phi) is 5.34. The van der Waals surface area contributed by atoms with E-state index < -0.39 is 0 Å². The number of benzene rings is 1. The maximum Gasteiger partial charge on any atom is 0.219 e. The van der Waals surface area contributed by atoms with Gasteiger partial charge in [0.25, 0.3) is 0 Å². The van der Waals surface area contributed by atoms with Crippen molar-refractivity contribution in [3.05, 3.63) is 53.2 Å². The van der Waals surface area contributed by atoms with Crippen LogP contribution >= 0.6 is 0 Å². The highest BCUT2D eigenvalue weighted by Gasteiger charge is 2.06. The Hall–Kier alpha value is -1.87. The summed E-state index contributed by atoms with van der Waals surface area (Å²) >= 11 is 0. The fourth-order valence-corrected chi connectivity index (χ4v) is 2.37. The highest BCUT2D eigenvalue weighted by molar-refractivity contribution is 5.38. The summed E-state index contributed by atoms with van der Waals surface area (Å²) in [6, 6.07) is 10.2. The number of aryl methyl sites for hydroxylation is 1. The standard InChI is InChI=1S/C18H24N2O/c1-5-19-12-15-8-9-20-18(11-15)21-16-6-7-17(13(2)3)14(4)10-16/h6-11,13,19H,5,12H2,1-4H3. The monoisotopic (exact) mass is 284 g/mol. The summed E-state index contributed by atoms with van der Waals surface area (Å²) in [5.74, 6) is 2.01. The molecule has 0 amide bonds. The molecule has 2 aromatic rings. The van der Waals surface area contributed by atoms with E-state index in [2.05, 4.69) is 50.1 Å². The molecule has 1 heterocycles. The van der Waals surface area contributed by atoms with E-state index in [1.54, 1.807) is 6.20 Å². The molecule has 1 aromatic carbocycles. The molecule has 3 nitrogen and oxygen atoms in total. The van der Waals surface area contributed by atoms with Crippen molar-refractivity contribution in [3.8, 4) is 11.6 Å². The van der Waals surface area contributed by atoms with Gasteiger partial charge in [-0.25, -0.2) is 4.98 Å². The molecule has 0 radical (unpaired) electrons. The average Bonchev–Trinajstić information content (AvgIpc) is 2.45. The lowest BCUT2D eigenvalue weighted by Crippen LogP contribution is -2.11. The first kappa shape index (κ1) is 15.5. The van der Waals surface area contributed by atoms with Gasteiger partial charge in [0.2, 0.25) is 5.88 Å². The van der Waals surface area contributed by atoms with Crippen molar-refractivity contribution >= 4 is 0 Å². The van der Waals surface area contributed by atoms with E-state index in [-0.39, 0.29) is 0 Å². The molecule has 1 aromatic heterocycles. The Labute approximate surface area is 127 Å². The topological polar surface area (TPSA) is 34.2 Å². The van der Waals surface area contributed by atoms with Crippen LogP contribution in [0.3, 0.4) is 0 Å². The van der Waals surface area contributed by atoms with Crippen LogP contribution in [-0.2, 0) is 6.54 Å². The van der Waals surface area contributed by atoms with Crippen LogP contribution in [0, 0.1) is 6.92 Å². The predicted molar refractivity (Wildman–Crippen MR) is 87.0 cm³/mol. The minimum absolute atomic E-state index is 0.528. The van der Waals surface area contributed by atoms with Crippen molar-refractivity contribution in [2.45, 2.75) is 40.2 Å². The third kappa shape index (κ3) is 4.30. The molecule has 0 aliphatic carbocycles. The van der Waals surface area contributed by atoms with Crippen LogP contribution < -0.4 is 10.1 Å². The van der Waals surface area contributed by atoms with Gasteiger partial charge in [-0.2, -0.15) is 0 Å². The Morgan fingerprint density at radius 1 is 1.19 bits per heavy atom. The van der Waals surface area contributed by atoms with Crippen molar-refractivity contribution in [3.63, 3.8) is 0 Å². The van der Waals surface area contributed by atoms with Gasteiger partial charge in [-0.1, -0.05) is 26.8 Å². The first-order valence-electron chi connectivity index (χ1n) is 7.54. The Morgan fingerprint density at radius 3 is 2.67 bits per heavy atom. The SMILES string of the molecule is CCNCc1ccnc(Oc2ccc(C(C)C)c(C)c2)c1. The minimum Gasteiger partial charge on any atom is -0.439 e. The molecule has 0 atom stereocenters.